The minimum absolute atomic E-state index is 0.107. The number of anilines is 2. The zero-order chi connectivity index (χ0) is 25.7. The molecule has 0 aromatic heterocycles. The van der Waals surface area contributed by atoms with E-state index in [4.69, 9.17) is 4.12 Å². The molecule has 11 heteroatoms. The van der Waals surface area contributed by atoms with Crippen molar-refractivity contribution in [2.24, 2.45) is 0 Å². The molecule has 35 heavy (non-hydrogen) atoms. The van der Waals surface area contributed by atoms with E-state index in [1.54, 1.807) is 12.1 Å². The monoisotopic (exact) mass is 512 g/mol. The number of carbonyl (C=O) groups excluding carboxylic acids is 4. The highest BCUT2D eigenvalue weighted by molar-refractivity contribution is 6.97. The van der Waals surface area contributed by atoms with Gasteiger partial charge in [-0.05, 0) is 73.0 Å². The normalized spacial score (nSPS) is 16.3. The van der Waals surface area contributed by atoms with Gasteiger partial charge in [-0.1, -0.05) is 0 Å². The van der Waals surface area contributed by atoms with E-state index < -0.39 is 51.9 Å². The number of carbonyl (C=O) groups is 4. The number of rotatable bonds is 6. The van der Waals surface area contributed by atoms with Gasteiger partial charge in [0.15, 0.2) is 0 Å². The van der Waals surface area contributed by atoms with E-state index in [0.717, 1.165) is 46.2 Å². The number of hydrogen-bond acceptors (Lipinski definition) is 5. The van der Waals surface area contributed by atoms with Gasteiger partial charge in [-0.2, -0.15) is 0 Å². The van der Waals surface area contributed by atoms with Gasteiger partial charge in [-0.25, -0.2) is 18.6 Å². The Morgan fingerprint density at radius 2 is 0.886 bits per heavy atom. The Bertz CT molecular complexity index is 1220. The third-order valence-corrected chi connectivity index (χ3v) is 13.2. The van der Waals surface area contributed by atoms with Crippen LogP contribution in [0.1, 0.15) is 0 Å². The molecule has 4 rings (SSSR count). The summed E-state index contributed by atoms with van der Waals surface area (Å²) in [5.74, 6) is -3.49. The molecule has 0 saturated heterocycles. The van der Waals surface area contributed by atoms with Crippen LogP contribution in [0.5, 0.6) is 0 Å². The molecule has 0 N–H and O–H groups in total. The van der Waals surface area contributed by atoms with Gasteiger partial charge in [0, 0.05) is 24.3 Å². The maximum atomic E-state index is 14.6. The highest BCUT2D eigenvalue weighted by Crippen LogP contribution is 2.25. The summed E-state index contributed by atoms with van der Waals surface area (Å²) in [5, 5.41) is 1.01. The van der Waals surface area contributed by atoms with Crippen molar-refractivity contribution in [1.82, 2.24) is 0 Å². The van der Waals surface area contributed by atoms with Crippen LogP contribution >= 0.6 is 0 Å². The molecule has 0 aliphatic carbocycles. The van der Waals surface area contributed by atoms with Gasteiger partial charge in [0.2, 0.25) is 16.6 Å². The summed E-state index contributed by atoms with van der Waals surface area (Å²) in [5.41, 5.74) is 0.213. The van der Waals surface area contributed by atoms with E-state index in [0.29, 0.717) is 10.4 Å². The van der Waals surface area contributed by atoms with Crippen LogP contribution in [0.3, 0.4) is 0 Å². The minimum Gasteiger partial charge on any atom is -0.449 e. The number of amides is 4. The van der Waals surface area contributed by atoms with Crippen molar-refractivity contribution < 1.29 is 32.1 Å². The highest BCUT2D eigenvalue weighted by atomic mass is 28.4. The molecule has 0 radical (unpaired) electrons. The van der Waals surface area contributed by atoms with Gasteiger partial charge in [0.1, 0.15) is 11.6 Å². The summed E-state index contributed by atoms with van der Waals surface area (Å²) in [6.45, 7) is 7.35. The zero-order valence-corrected chi connectivity index (χ0v) is 21.5. The molecule has 180 valence electrons. The molecule has 0 saturated carbocycles. The maximum absolute atomic E-state index is 14.6. The molecular weight excluding hydrogens is 490 g/mol. The third kappa shape index (κ3) is 4.70. The first-order valence-electron chi connectivity index (χ1n) is 10.7. The van der Waals surface area contributed by atoms with E-state index in [2.05, 4.69) is 0 Å². The predicted molar refractivity (Wildman–Crippen MR) is 131 cm³/mol. The Balaban J connectivity index is 1.67. The maximum Gasteiger partial charge on any atom is 0.258 e. The number of nitrogens with zero attached hydrogens (tertiary/aromatic N) is 2. The van der Waals surface area contributed by atoms with Crippen molar-refractivity contribution in [3.05, 3.63) is 72.3 Å². The first-order valence-corrected chi connectivity index (χ1v) is 16.5. The van der Waals surface area contributed by atoms with Crippen LogP contribution in [-0.4, -0.2) is 40.3 Å². The number of benzene rings is 2. The smallest absolute Gasteiger partial charge is 0.258 e. The van der Waals surface area contributed by atoms with E-state index in [-0.39, 0.29) is 11.4 Å². The molecule has 2 aliphatic heterocycles. The van der Waals surface area contributed by atoms with Crippen molar-refractivity contribution in [3.8, 4) is 0 Å². The van der Waals surface area contributed by atoms with Crippen LogP contribution in [0.4, 0.5) is 20.2 Å². The molecule has 4 amide bonds. The molecule has 0 bridgehead atoms. The molecule has 0 atom stereocenters. The van der Waals surface area contributed by atoms with Crippen LogP contribution in [0.25, 0.3) is 0 Å². The Morgan fingerprint density at radius 3 is 1.20 bits per heavy atom. The third-order valence-electron chi connectivity index (χ3n) is 5.80. The van der Waals surface area contributed by atoms with E-state index in [9.17, 15) is 28.0 Å². The Labute approximate surface area is 202 Å². The van der Waals surface area contributed by atoms with Crippen molar-refractivity contribution in [1.29, 1.82) is 0 Å². The lowest BCUT2D eigenvalue weighted by Gasteiger charge is -2.35. The second-order valence-electron chi connectivity index (χ2n) is 9.21. The van der Waals surface area contributed by atoms with Gasteiger partial charge in [-0.3, -0.25) is 19.2 Å². The van der Waals surface area contributed by atoms with Gasteiger partial charge < -0.3 is 4.12 Å². The molecule has 0 fully saturated rings. The van der Waals surface area contributed by atoms with Gasteiger partial charge in [0.05, 0.1) is 11.4 Å². The number of hydrogen-bond donors (Lipinski definition) is 0. The lowest BCUT2D eigenvalue weighted by Crippen LogP contribution is -2.58. The molecule has 2 heterocycles. The van der Waals surface area contributed by atoms with E-state index >= 15 is 0 Å². The summed E-state index contributed by atoms with van der Waals surface area (Å²) in [7, 11) is -5.76. The second kappa shape index (κ2) is 8.59. The molecule has 0 spiro atoms. The number of imide groups is 2. The standard InChI is InChI=1S/C24H22F2N2O5Si2/c1-34(2,19-11-15(25)9-17(13-19)27-21(29)5-6-22(27)30)33-35(3,4)20-12-16(26)10-18(14-20)28-23(31)7-8-24(28)32/h5-14H,1-4H3. The molecular formula is C24H22F2N2O5Si2. The molecule has 7 nitrogen and oxygen atoms in total. The Morgan fingerprint density at radius 1 is 0.571 bits per heavy atom. The van der Waals surface area contributed by atoms with E-state index in [1.165, 1.54) is 12.1 Å². The largest absolute Gasteiger partial charge is 0.449 e. The average molecular weight is 513 g/mol. The summed E-state index contributed by atoms with van der Waals surface area (Å²) < 4.78 is 35.7. The first kappa shape index (κ1) is 24.6. The quantitative estimate of drug-likeness (QED) is 0.438. The van der Waals surface area contributed by atoms with E-state index in [1.807, 2.05) is 26.2 Å². The highest BCUT2D eigenvalue weighted by Gasteiger charge is 2.38. The fraction of sp³-hybridized carbons (Fsp3) is 0.167. The van der Waals surface area contributed by atoms with Crippen LogP contribution in [0.15, 0.2) is 60.7 Å². The molecule has 0 unspecified atom stereocenters. The first-order chi connectivity index (χ1) is 16.3. The van der Waals surface area contributed by atoms with Crippen molar-refractivity contribution in [2.75, 3.05) is 9.80 Å². The van der Waals surface area contributed by atoms with Crippen molar-refractivity contribution >= 4 is 62.0 Å². The lowest BCUT2D eigenvalue weighted by atomic mass is 10.3. The van der Waals surface area contributed by atoms with Crippen LogP contribution in [0, 0.1) is 11.6 Å². The fourth-order valence-corrected chi connectivity index (χ4v) is 12.2. The van der Waals surface area contributed by atoms with Gasteiger partial charge in [0.25, 0.3) is 23.6 Å². The zero-order valence-electron chi connectivity index (χ0n) is 19.5. The van der Waals surface area contributed by atoms with Crippen molar-refractivity contribution in [2.45, 2.75) is 26.2 Å². The molecule has 2 aliphatic rings. The Kier molecular flexibility index (Phi) is 6.03. The number of halogens is 2. The van der Waals surface area contributed by atoms with Crippen LogP contribution in [0.2, 0.25) is 26.2 Å². The average Bonchev–Trinajstić information content (AvgIpc) is 3.26. The van der Waals surface area contributed by atoms with Gasteiger partial charge >= 0.3 is 0 Å². The molecule has 2 aromatic carbocycles. The summed E-state index contributed by atoms with van der Waals surface area (Å²) in [6.07, 6.45) is 4.48. The van der Waals surface area contributed by atoms with Crippen LogP contribution < -0.4 is 20.2 Å². The summed E-state index contributed by atoms with van der Waals surface area (Å²) >= 11 is 0. The minimum atomic E-state index is -2.88. The molecule has 2 aromatic rings. The predicted octanol–water partition coefficient (Wildman–Crippen LogP) is 2.36. The van der Waals surface area contributed by atoms with Crippen LogP contribution in [-0.2, 0) is 23.3 Å². The fourth-order valence-electron chi connectivity index (χ4n) is 4.17. The summed E-state index contributed by atoms with van der Waals surface area (Å²) in [4.78, 5) is 50.1. The topological polar surface area (TPSA) is 84.0 Å². The van der Waals surface area contributed by atoms with Gasteiger partial charge in [-0.15, -0.1) is 0 Å². The lowest BCUT2D eigenvalue weighted by molar-refractivity contribution is -0.121. The SMILES string of the molecule is C[Si](C)(O[Si](C)(C)c1cc(F)cc(N2C(=O)C=CC2=O)c1)c1cc(F)cc(N2C(=O)C=CC2=O)c1. The summed E-state index contributed by atoms with van der Waals surface area (Å²) in [6, 6.07) is 7.96. The van der Waals surface area contributed by atoms with Crippen molar-refractivity contribution in [3.63, 3.8) is 0 Å². The second-order valence-corrected chi connectivity index (χ2v) is 17.2. The Hall–Kier alpha value is -3.55.